The van der Waals surface area contributed by atoms with Gasteiger partial charge < -0.3 is 0 Å². The quantitative estimate of drug-likeness (QED) is 0.350. The van der Waals surface area contributed by atoms with E-state index in [9.17, 15) is 0 Å². The monoisotopic (exact) mass is 482 g/mol. The van der Waals surface area contributed by atoms with Crippen molar-refractivity contribution in [1.82, 2.24) is 0 Å². The first-order valence-electron chi connectivity index (χ1n) is 2.95. The minimum atomic E-state index is 0.160. The van der Waals surface area contributed by atoms with Gasteiger partial charge in [-0.25, -0.2) is 0 Å². The Labute approximate surface area is 113 Å². The predicted octanol–water partition coefficient (Wildman–Crippen LogP) is 5.76. The molecule has 0 amide bonds. The Morgan fingerprint density at radius 2 is 1.58 bits per heavy atom. The lowest BCUT2D eigenvalue weighted by atomic mass is 10.2. The van der Waals surface area contributed by atoms with Gasteiger partial charge >= 0.3 is 0 Å². The van der Waals surface area contributed by atoms with Crippen molar-refractivity contribution in [2.45, 2.75) is 3.74 Å². The summed E-state index contributed by atoms with van der Waals surface area (Å²) in [5.74, 6) is 0. The van der Waals surface area contributed by atoms with Gasteiger partial charge in [-0.2, -0.15) is 0 Å². The first-order valence-corrected chi connectivity index (χ1v) is 7.16. The molecule has 66 valence electrons. The molecule has 0 nitrogen and oxygen atoms in total. The molecule has 1 rings (SSSR count). The third-order valence-electron chi connectivity index (χ3n) is 1.26. The number of hydrogen-bond acceptors (Lipinski definition) is 0. The molecule has 0 aliphatic rings. The van der Waals surface area contributed by atoms with Crippen molar-refractivity contribution in [3.05, 3.63) is 31.1 Å². The largest absolute Gasteiger partial charge is 0.0958 e. The highest BCUT2D eigenvalue weighted by Crippen LogP contribution is 2.39. The van der Waals surface area contributed by atoms with Crippen molar-refractivity contribution in [1.29, 1.82) is 0 Å². The van der Waals surface area contributed by atoms with Crippen LogP contribution in [0.15, 0.2) is 25.6 Å². The molecule has 0 heterocycles. The Morgan fingerprint density at radius 3 is 2.08 bits per heavy atom. The van der Waals surface area contributed by atoms with Crippen LogP contribution in [0.25, 0.3) is 0 Å². The average molecular weight is 487 g/mol. The number of alkyl halides is 2. The van der Waals surface area contributed by atoms with E-state index < -0.39 is 0 Å². The van der Waals surface area contributed by atoms with Crippen LogP contribution in [0, 0.1) is 0 Å². The van der Waals surface area contributed by atoms with Gasteiger partial charge in [0.25, 0.3) is 0 Å². The van der Waals surface area contributed by atoms with Crippen LogP contribution in [0.4, 0.5) is 0 Å². The van der Waals surface area contributed by atoms with Crippen LogP contribution < -0.4 is 0 Å². The zero-order valence-electron chi connectivity index (χ0n) is 5.62. The molecule has 0 atom stereocenters. The molecule has 0 saturated carbocycles. The van der Waals surface area contributed by atoms with Crippen molar-refractivity contribution in [3.63, 3.8) is 0 Å². The minimum absolute atomic E-state index is 0.160. The van der Waals surface area contributed by atoms with Gasteiger partial charge in [0.05, 0.1) is 3.74 Å². The first kappa shape index (κ1) is 11.7. The molecule has 0 aliphatic heterocycles. The summed E-state index contributed by atoms with van der Waals surface area (Å²) < 4.78 is 3.31. The maximum absolute atomic E-state index is 3.49. The average Bonchev–Trinajstić information content (AvgIpc) is 1.96. The summed E-state index contributed by atoms with van der Waals surface area (Å²) in [7, 11) is 0. The van der Waals surface area contributed by atoms with Crippen LogP contribution in [0.5, 0.6) is 0 Å². The molecular formula is C7H3Br5. The molecule has 0 fully saturated rings. The summed E-state index contributed by atoms with van der Waals surface area (Å²) >= 11 is 17.2. The minimum Gasteiger partial charge on any atom is -0.0712 e. The van der Waals surface area contributed by atoms with E-state index in [0.29, 0.717) is 0 Å². The summed E-state index contributed by atoms with van der Waals surface area (Å²) in [5, 5.41) is 0. The van der Waals surface area contributed by atoms with E-state index >= 15 is 0 Å². The highest BCUT2D eigenvalue weighted by Gasteiger charge is 2.10. The highest BCUT2D eigenvalue weighted by molar-refractivity contribution is 9.24. The van der Waals surface area contributed by atoms with Gasteiger partial charge in [-0.05, 0) is 49.6 Å². The second-order valence-corrected chi connectivity index (χ2v) is 7.71. The van der Waals surface area contributed by atoms with E-state index in [1.807, 2.05) is 12.1 Å². The molecule has 1 aromatic carbocycles. The van der Waals surface area contributed by atoms with E-state index in [4.69, 9.17) is 0 Å². The van der Waals surface area contributed by atoms with Gasteiger partial charge in [-0.1, -0.05) is 47.8 Å². The topological polar surface area (TPSA) is 0 Å². The number of rotatable bonds is 1. The van der Waals surface area contributed by atoms with Crippen LogP contribution in [-0.2, 0) is 0 Å². The highest BCUT2D eigenvalue weighted by atomic mass is 79.9. The summed E-state index contributed by atoms with van der Waals surface area (Å²) in [4.78, 5) is 0. The van der Waals surface area contributed by atoms with E-state index in [2.05, 4.69) is 79.6 Å². The fourth-order valence-electron chi connectivity index (χ4n) is 0.735. The third kappa shape index (κ3) is 2.80. The number of halogens is 5. The molecule has 0 N–H and O–H groups in total. The zero-order valence-corrected chi connectivity index (χ0v) is 13.6. The predicted molar refractivity (Wildman–Crippen MR) is 70.1 cm³/mol. The Kier molecular flexibility index (Phi) is 4.79. The molecule has 5 heteroatoms. The summed E-state index contributed by atoms with van der Waals surface area (Å²) in [6.07, 6.45) is 0. The van der Waals surface area contributed by atoms with Gasteiger partial charge in [0.2, 0.25) is 0 Å². The van der Waals surface area contributed by atoms with Crippen molar-refractivity contribution in [3.8, 4) is 0 Å². The smallest absolute Gasteiger partial charge is 0.0712 e. The molecule has 1 aromatic rings. The molecule has 0 bridgehead atoms. The lowest BCUT2D eigenvalue weighted by molar-refractivity contribution is 1.35. The van der Waals surface area contributed by atoms with Crippen molar-refractivity contribution >= 4 is 79.6 Å². The summed E-state index contributed by atoms with van der Waals surface area (Å²) in [6.45, 7) is 0. The van der Waals surface area contributed by atoms with Gasteiger partial charge in [0.15, 0.2) is 0 Å². The van der Waals surface area contributed by atoms with Crippen molar-refractivity contribution < 1.29 is 0 Å². The first-order chi connectivity index (χ1) is 5.52. The van der Waals surface area contributed by atoms with Gasteiger partial charge in [0.1, 0.15) is 0 Å². The molecule has 12 heavy (non-hydrogen) atoms. The summed E-state index contributed by atoms with van der Waals surface area (Å²) in [6, 6.07) is 4.04. The Bertz CT molecular complexity index is 294. The molecule has 0 aromatic heterocycles. The van der Waals surface area contributed by atoms with E-state index in [1.54, 1.807) is 0 Å². The second kappa shape index (κ2) is 4.91. The maximum Gasteiger partial charge on any atom is 0.0958 e. The standard InChI is InChI=1S/C7H3Br5/c8-3-1-4(7(11)12)6(10)5(9)2-3/h1-2,7H. The lowest BCUT2D eigenvalue weighted by Crippen LogP contribution is -1.84. The van der Waals surface area contributed by atoms with Gasteiger partial charge in [0, 0.05) is 13.4 Å². The molecule has 0 unspecified atom stereocenters. The van der Waals surface area contributed by atoms with Crippen LogP contribution in [0.1, 0.15) is 9.30 Å². The van der Waals surface area contributed by atoms with Crippen LogP contribution in [0.3, 0.4) is 0 Å². The van der Waals surface area contributed by atoms with E-state index in [-0.39, 0.29) is 3.74 Å². The van der Waals surface area contributed by atoms with E-state index in [0.717, 1.165) is 19.0 Å². The Morgan fingerprint density at radius 1 is 1.00 bits per heavy atom. The number of hydrogen-bond donors (Lipinski definition) is 0. The van der Waals surface area contributed by atoms with Crippen LogP contribution >= 0.6 is 79.6 Å². The molecule has 0 aliphatic carbocycles. The van der Waals surface area contributed by atoms with Crippen LogP contribution in [-0.4, -0.2) is 0 Å². The molecule has 0 radical (unpaired) electrons. The molecule has 0 spiro atoms. The molecular weight excluding hydrogens is 484 g/mol. The van der Waals surface area contributed by atoms with Crippen molar-refractivity contribution in [2.24, 2.45) is 0 Å². The summed E-state index contributed by atoms with van der Waals surface area (Å²) in [5.41, 5.74) is 1.15. The lowest BCUT2D eigenvalue weighted by Gasteiger charge is -2.07. The van der Waals surface area contributed by atoms with E-state index in [1.165, 1.54) is 0 Å². The Balaban J connectivity index is 3.28. The number of benzene rings is 1. The normalized spacial score (nSPS) is 10.8. The zero-order chi connectivity index (χ0) is 9.30. The fourth-order valence-corrected chi connectivity index (χ4v) is 3.79. The van der Waals surface area contributed by atoms with Crippen LogP contribution in [0.2, 0.25) is 0 Å². The third-order valence-corrected chi connectivity index (χ3v) is 4.74. The Hall–Kier alpha value is 1.62. The molecule has 0 saturated heterocycles. The van der Waals surface area contributed by atoms with Crippen molar-refractivity contribution in [2.75, 3.05) is 0 Å². The fraction of sp³-hybridized carbons (Fsp3) is 0.143. The second-order valence-electron chi connectivity index (χ2n) is 2.09. The maximum atomic E-state index is 3.49. The SMILES string of the molecule is Brc1cc(Br)c(Br)c(C(Br)Br)c1. The van der Waals surface area contributed by atoms with Gasteiger partial charge in [-0.3, -0.25) is 0 Å². The van der Waals surface area contributed by atoms with Gasteiger partial charge in [-0.15, -0.1) is 0 Å².